The van der Waals surface area contributed by atoms with Crippen LogP contribution < -0.4 is 10.4 Å². The first-order chi connectivity index (χ1) is 19.0. The van der Waals surface area contributed by atoms with Gasteiger partial charge in [0.05, 0.1) is 28.3 Å². The second kappa shape index (κ2) is 9.25. The molecule has 9 heteroatoms. The van der Waals surface area contributed by atoms with Crippen molar-refractivity contribution in [1.82, 2.24) is 19.9 Å². The van der Waals surface area contributed by atoms with Crippen molar-refractivity contribution in [3.05, 3.63) is 101 Å². The zero-order valence-electron chi connectivity index (χ0n) is 21.1. The van der Waals surface area contributed by atoms with Crippen molar-refractivity contribution in [2.75, 3.05) is 18.0 Å². The van der Waals surface area contributed by atoms with Crippen LogP contribution in [0.5, 0.6) is 0 Å². The van der Waals surface area contributed by atoms with E-state index in [0.717, 1.165) is 46.3 Å². The molecule has 0 unspecified atom stereocenters. The summed E-state index contributed by atoms with van der Waals surface area (Å²) in [5.41, 5.74) is 7.81. The van der Waals surface area contributed by atoms with E-state index in [1.165, 1.54) is 0 Å². The lowest BCUT2D eigenvalue weighted by Crippen LogP contribution is -2.47. The molecule has 0 radical (unpaired) electrons. The number of fused-ring (bicyclic) bond motifs is 2. The highest BCUT2D eigenvalue weighted by atomic mass is 35.5. The number of pyridine rings is 1. The first-order valence-electron chi connectivity index (χ1n) is 13.0. The number of hydrogen-bond donors (Lipinski definition) is 1. The first-order valence-corrected chi connectivity index (χ1v) is 13.4. The predicted octanol–water partition coefficient (Wildman–Crippen LogP) is 4.79. The van der Waals surface area contributed by atoms with Gasteiger partial charge in [0.15, 0.2) is 0 Å². The van der Waals surface area contributed by atoms with Gasteiger partial charge in [0.25, 0.3) is 5.91 Å². The van der Waals surface area contributed by atoms with Crippen molar-refractivity contribution in [3.63, 3.8) is 0 Å². The van der Waals surface area contributed by atoms with Crippen LogP contribution in [0.4, 0.5) is 5.69 Å². The van der Waals surface area contributed by atoms with Gasteiger partial charge in [0.2, 0.25) is 5.91 Å². The molecule has 4 aromatic rings. The fourth-order valence-electron chi connectivity index (χ4n) is 5.78. The van der Waals surface area contributed by atoms with E-state index in [1.54, 1.807) is 23.4 Å². The molecule has 2 amide bonds. The summed E-state index contributed by atoms with van der Waals surface area (Å²) < 4.78 is 1.96. The molecule has 2 aromatic carbocycles. The number of aromatic nitrogens is 2. The molecular weight excluding hydrogens is 514 g/mol. The van der Waals surface area contributed by atoms with Gasteiger partial charge >= 0.3 is 0 Å². The van der Waals surface area contributed by atoms with Crippen LogP contribution in [0.3, 0.4) is 0 Å². The molecule has 1 fully saturated rings. The molecule has 0 aliphatic carbocycles. The number of halogens is 1. The smallest absolute Gasteiger partial charge is 0.260 e. The van der Waals surface area contributed by atoms with Crippen LogP contribution in [0.2, 0.25) is 5.02 Å². The Kier molecular flexibility index (Phi) is 5.68. The number of piperidine rings is 1. The highest BCUT2D eigenvalue weighted by molar-refractivity contribution is 6.35. The molecule has 1 N–H and O–H groups in total. The Morgan fingerprint density at radius 1 is 1.08 bits per heavy atom. The molecule has 1 spiro atoms. The normalized spacial score (nSPS) is 18.0. The van der Waals surface area contributed by atoms with Crippen molar-refractivity contribution in [3.8, 4) is 0 Å². The summed E-state index contributed by atoms with van der Waals surface area (Å²) >= 11 is 6.32. The van der Waals surface area contributed by atoms with E-state index in [0.29, 0.717) is 30.2 Å². The van der Waals surface area contributed by atoms with E-state index in [2.05, 4.69) is 16.5 Å². The number of rotatable bonds is 4. The third-order valence-electron chi connectivity index (χ3n) is 7.99. The summed E-state index contributed by atoms with van der Waals surface area (Å²) in [6.07, 6.45) is 9.03. The Labute approximate surface area is 230 Å². The molecule has 39 heavy (non-hydrogen) atoms. The number of nitrogens with zero attached hydrogens (tertiary/aromatic N) is 4. The molecule has 0 atom stereocenters. The maximum Gasteiger partial charge on any atom is 0.260 e. The highest BCUT2D eigenvalue weighted by Gasteiger charge is 2.40. The Bertz CT molecular complexity index is 1640. The lowest BCUT2D eigenvalue weighted by molar-refractivity contribution is -0.137. The van der Waals surface area contributed by atoms with E-state index in [9.17, 15) is 9.59 Å². The molecule has 1 saturated heterocycles. The number of carbonyl (C=O) groups is 2. The van der Waals surface area contributed by atoms with E-state index in [1.807, 2.05) is 64.2 Å². The van der Waals surface area contributed by atoms with Gasteiger partial charge in [0, 0.05) is 55.8 Å². The predicted molar refractivity (Wildman–Crippen MR) is 149 cm³/mol. The van der Waals surface area contributed by atoms with E-state index in [4.69, 9.17) is 16.4 Å². The molecule has 5 heterocycles. The Hall–Kier alpha value is -4.14. The summed E-state index contributed by atoms with van der Waals surface area (Å²) in [6.45, 7) is 1.94. The van der Waals surface area contributed by atoms with E-state index >= 15 is 0 Å². The van der Waals surface area contributed by atoms with E-state index < -0.39 is 5.60 Å². The summed E-state index contributed by atoms with van der Waals surface area (Å²) in [7, 11) is 0. The van der Waals surface area contributed by atoms with E-state index in [-0.39, 0.29) is 18.4 Å². The van der Waals surface area contributed by atoms with Gasteiger partial charge in [-0.25, -0.2) is 0 Å². The summed E-state index contributed by atoms with van der Waals surface area (Å²) in [5, 5.41) is 1.49. The van der Waals surface area contributed by atoms with Gasteiger partial charge in [-0.2, -0.15) is 0 Å². The van der Waals surface area contributed by atoms with Crippen molar-refractivity contribution in [1.29, 1.82) is 0 Å². The quantitative estimate of drug-likeness (QED) is 0.403. The fourth-order valence-corrected chi connectivity index (χ4v) is 6.06. The van der Waals surface area contributed by atoms with Crippen LogP contribution in [0.25, 0.3) is 16.6 Å². The number of amides is 2. The van der Waals surface area contributed by atoms with Gasteiger partial charge < -0.3 is 14.4 Å². The van der Waals surface area contributed by atoms with Crippen LogP contribution in [-0.2, 0) is 22.7 Å². The SMILES string of the molecule is O=C(Cn1ccc2ccc(N3Cc4cccc(Cl)c4C3=O)cc21)N1CCC2(C=C(c3ccncc3)NO2)CC1. The molecule has 2 aromatic heterocycles. The van der Waals surface area contributed by atoms with Gasteiger partial charge in [0.1, 0.15) is 12.1 Å². The van der Waals surface area contributed by atoms with Crippen molar-refractivity contribution < 1.29 is 14.4 Å². The minimum absolute atomic E-state index is 0.0634. The molecule has 3 aliphatic rings. The zero-order chi connectivity index (χ0) is 26.6. The minimum Gasteiger partial charge on any atom is -0.341 e. The number of hydrogen-bond acceptors (Lipinski definition) is 5. The average molecular weight is 540 g/mol. The second-order valence-corrected chi connectivity index (χ2v) is 10.7. The van der Waals surface area contributed by atoms with Crippen LogP contribution in [0, 0.1) is 0 Å². The van der Waals surface area contributed by atoms with Crippen LogP contribution in [0.1, 0.15) is 34.3 Å². The molecule has 196 valence electrons. The highest BCUT2D eigenvalue weighted by Crippen LogP contribution is 2.36. The number of anilines is 1. The summed E-state index contributed by atoms with van der Waals surface area (Å²) in [5.74, 6) is -0.0374. The molecular formula is C30H26ClN5O3. The minimum atomic E-state index is -0.410. The van der Waals surface area contributed by atoms with Gasteiger partial charge in [-0.15, -0.1) is 0 Å². The number of hydroxylamine groups is 1. The number of benzene rings is 2. The van der Waals surface area contributed by atoms with Crippen LogP contribution in [-0.4, -0.2) is 45.0 Å². The van der Waals surface area contributed by atoms with Gasteiger partial charge in [-0.05, 0) is 53.4 Å². The van der Waals surface area contributed by atoms with Crippen LogP contribution in [0.15, 0.2) is 79.3 Å². The molecule has 8 nitrogen and oxygen atoms in total. The topological polar surface area (TPSA) is 79.7 Å². The Morgan fingerprint density at radius 3 is 2.69 bits per heavy atom. The van der Waals surface area contributed by atoms with Gasteiger partial charge in [-0.1, -0.05) is 29.8 Å². The molecule has 0 saturated carbocycles. The number of carbonyl (C=O) groups excluding carboxylic acids is 2. The van der Waals surface area contributed by atoms with Crippen molar-refractivity contribution in [2.45, 2.75) is 31.5 Å². The number of likely N-dealkylation sites (tertiary alicyclic amines) is 1. The third kappa shape index (κ3) is 4.16. The largest absolute Gasteiger partial charge is 0.341 e. The average Bonchev–Trinajstić information content (AvgIpc) is 3.66. The third-order valence-corrected chi connectivity index (χ3v) is 8.30. The first kappa shape index (κ1) is 23.9. The van der Waals surface area contributed by atoms with Crippen molar-refractivity contribution in [2.24, 2.45) is 0 Å². The lowest BCUT2D eigenvalue weighted by Gasteiger charge is -2.36. The standard InChI is InChI=1S/C30H26ClN5O3/c31-24-3-1-2-22-18-36(29(38)28(22)24)23-5-4-21-8-13-35(26(21)16-23)19-27(37)34-14-9-30(10-15-34)17-25(33-39-30)20-6-11-32-12-7-20/h1-8,11-13,16-17,33H,9-10,14-15,18-19H2. The molecule has 3 aliphatic heterocycles. The number of nitrogens with one attached hydrogen (secondary N) is 1. The monoisotopic (exact) mass is 539 g/mol. The molecule has 0 bridgehead atoms. The lowest BCUT2D eigenvalue weighted by atomic mass is 9.90. The maximum atomic E-state index is 13.3. The zero-order valence-corrected chi connectivity index (χ0v) is 21.9. The summed E-state index contributed by atoms with van der Waals surface area (Å²) in [6, 6.07) is 17.4. The second-order valence-electron chi connectivity index (χ2n) is 10.3. The van der Waals surface area contributed by atoms with Gasteiger partial charge in [-0.3, -0.25) is 24.9 Å². The van der Waals surface area contributed by atoms with Crippen molar-refractivity contribution >= 4 is 45.7 Å². The maximum absolute atomic E-state index is 13.3. The fraction of sp³-hybridized carbons (Fsp3) is 0.233. The van der Waals surface area contributed by atoms with Crippen LogP contribution >= 0.6 is 11.6 Å². The Morgan fingerprint density at radius 2 is 1.90 bits per heavy atom. The molecule has 7 rings (SSSR count). The Balaban J connectivity index is 1.05. The summed E-state index contributed by atoms with van der Waals surface area (Å²) in [4.78, 5) is 40.2.